The molecule has 1 heterocycles. The third-order valence-electron chi connectivity index (χ3n) is 3.16. The number of halogens is 1. The average Bonchev–Trinajstić information content (AvgIpc) is 2.96. The van der Waals surface area contributed by atoms with Crippen LogP contribution in [0, 0.1) is 5.92 Å². The number of carbonyl (C=O) groups excluding carboxylic acids is 1. The molecule has 0 aliphatic heterocycles. The molecule has 1 fully saturated rings. The summed E-state index contributed by atoms with van der Waals surface area (Å²) in [5.74, 6) is -1.09. The van der Waals surface area contributed by atoms with E-state index in [1.165, 1.54) is 0 Å². The molecule has 1 aromatic rings. The van der Waals surface area contributed by atoms with Crippen molar-refractivity contribution in [1.82, 2.24) is 10.6 Å². The van der Waals surface area contributed by atoms with Crippen LogP contribution in [0.2, 0.25) is 0 Å². The first-order valence-corrected chi connectivity index (χ1v) is 7.72. The van der Waals surface area contributed by atoms with Crippen LogP contribution in [0.25, 0.3) is 0 Å². The third kappa shape index (κ3) is 4.21. The molecule has 2 amide bonds. The van der Waals surface area contributed by atoms with Crippen molar-refractivity contribution < 1.29 is 14.7 Å². The van der Waals surface area contributed by atoms with Crippen molar-refractivity contribution in [3.63, 3.8) is 0 Å². The molecule has 1 aliphatic carbocycles. The quantitative estimate of drug-likeness (QED) is 0.783. The van der Waals surface area contributed by atoms with Gasteiger partial charge in [-0.15, -0.1) is 11.3 Å². The highest BCUT2D eigenvalue weighted by Crippen LogP contribution is 2.25. The van der Waals surface area contributed by atoms with E-state index in [1.54, 1.807) is 11.3 Å². The van der Waals surface area contributed by atoms with Gasteiger partial charge in [-0.25, -0.2) is 4.79 Å². The van der Waals surface area contributed by atoms with E-state index in [0.717, 1.165) is 15.8 Å². The number of hydrogen-bond acceptors (Lipinski definition) is 3. The minimum Gasteiger partial charge on any atom is -0.481 e. The lowest BCUT2D eigenvalue weighted by Crippen LogP contribution is -2.40. The zero-order valence-corrected chi connectivity index (χ0v) is 12.6. The van der Waals surface area contributed by atoms with Gasteiger partial charge in [-0.3, -0.25) is 4.79 Å². The van der Waals surface area contributed by atoms with Crippen molar-refractivity contribution in [2.24, 2.45) is 5.92 Å². The number of aliphatic carboxylic acids is 1. The Bertz CT molecular complexity index is 477. The molecule has 0 bridgehead atoms. The third-order valence-corrected chi connectivity index (χ3v) is 4.86. The van der Waals surface area contributed by atoms with Gasteiger partial charge in [0, 0.05) is 20.8 Å². The van der Waals surface area contributed by atoms with E-state index in [1.807, 2.05) is 11.4 Å². The van der Waals surface area contributed by atoms with Crippen LogP contribution in [0.5, 0.6) is 0 Å². The van der Waals surface area contributed by atoms with Crippen LogP contribution in [0.4, 0.5) is 4.79 Å². The molecule has 7 heteroatoms. The molecule has 2 rings (SSSR count). The summed E-state index contributed by atoms with van der Waals surface area (Å²) < 4.78 is 1.01. The minimum absolute atomic E-state index is 0.0313. The van der Waals surface area contributed by atoms with E-state index >= 15 is 0 Å². The van der Waals surface area contributed by atoms with Crippen LogP contribution in [0.1, 0.15) is 24.1 Å². The number of thiophene rings is 1. The van der Waals surface area contributed by atoms with Gasteiger partial charge < -0.3 is 15.7 Å². The van der Waals surface area contributed by atoms with Crippen LogP contribution in [0.15, 0.2) is 15.9 Å². The summed E-state index contributed by atoms with van der Waals surface area (Å²) >= 11 is 4.93. The predicted molar refractivity (Wildman–Crippen MR) is 76.2 cm³/mol. The van der Waals surface area contributed by atoms with Crippen molar-refractivity contribution >= 4 is 39.3 Å². The fourth-order valence-corrected chi connectivity index (χ4v) is 3.58. The summed E-state index contributed by atoms with van der Waals surface area (Å²) in [6.45, 7) is 0.483. The Morgan fingerprint density at radius 3 is 2.84 bits per heavy atom. The Labute approximate surface area is 123 Å². The van der Waals surface area contributed by atoms with E-state index in [2.05, 4.69) is 26.6 Å². The van der Waals surface area contributed by atoms with Crippen molar-refractivity contribution in [2.75, 3.05) is 0 Å². The number of amides is 2. The Morgan fingerprint density at radius 2 is 2.26 bits per heavy atom. The predicted octanol–water partition coefficient (Wildman–Crippen LogP) is 2.56. The normalized spacial score (nSPS) is 22.2. The fraction of sp³-hybridized carbons (Fsp3) is 0.500. The Balaban J connectivity index is 1.72. The molecule has 0 radical (unpaired) electrons. The molecule has 104 valence electrons. The zero-order valence-electron chi connectivity index (χ0n) is 10.2. The molecule has 3 N–H and O–H groups in total. The lowest BCUT2D eigenvalue weighted by atomic mass is 10.1. The number of nitrogens with one attached hydrogen (secondary N) is 2. The number of carbonyl (C=O) groups is 2. The number of rotatable bonds is 4. The highest BCUT2D eigenvalue weighted by molar-refractivity contribution is 9.10. The van der Waals surface area contributed by atoms with Crippen molar-refractivity contribution in [3.8, 4) is 0 Å². The maximum absolute atomic E-state index is 11.7. The zero-order chi connectivity index (χ0) is 13.8. The van der Waals surface area contributed by atoms with E-state index < -0.39 is 5.97 Å². The minimum atomic E-state index is -0.770. The van der Waals surface area contributed by atoms with E-state index in [-0.39, 0.29) is 18.0 Å². The molecule has 0 aromatic carbocycles. The second-order valence-corrected chi connectivity index (χ2v) is 6.51. The van der Waals surface area contributed by atoms with Crippen LogP contribution in [-0.2, 0) is 11.3 Å². The number of carboxylic acid groups (broad SMARTS) is 1. The maximum Gasteiger partial charge on any atom is 0.315 e. The second kappa shape index (κ2) is 6.38. The summed E-state index contributed by atoms with van der Waals surface area (Å²) in [7, 11) is 0. The van der Waals surface area contributed by atoms with Gasteiger partial charge in [0.1, 0.15) is 0 Å². The van der Waals surface area contributed by atoms with E-state index in [4.69, 9.17) is 5.11 Å². The molecule has 0 saturated heterocycles. The average molecular weight is 347 g/mol. The van der Waals surface area contributed by atoms with Gasteiger partial charge in [0.25, 0.3) is 0 Å². The van der Waals surface area contributed by atoms with Gasteiger partial charge in [-0.1, -0.05) is 0 Å². The summed E-state index contributed by atoms with van der Waals surface area (Å²) in [4.78, 5) is 23.6. The molecule has 0 spiro atoms. The highest BCUT2D eigenvalue weighted by Gasteiger charge is 2.30. The first kappa shape index (κ1) is 14.3. The van der Waals surface area contributed by atoms with Crippen LogP contribution in [0.3, 0.4) is 0 Å². The van der Waals surface area contributed by atoms with Crippen molar-refractivity contribution in [1.29, 1.82) is 0 Å². The number of urea groups is 1. The van der Waals surface area contributed by atoms with Crippen LogP contribution >= 0.6 is 27.3 Å². The van der Waals surface area contributed by atoms with E-state index in [0.29, 0.717) is 19.4 Å². The number of carboxylic acids is 1. The largest absolute Gasteiger partial charge is 0.481 e. The van der Waals surface area contributed by atoms with Gasteiger partial charge >= 0.3 is 12.0 Å². The van der Waals surface area contributed by atoms with Gasteiger partial charge in [-0.05, 0) is 41.3 Å². The highest BCUT2D eigenvalue weighted by atomic mass is 79.9. The van der Waals surface area contributed by atoms with Gasteiger partial charge in [-0.2, -0.15) is 0 Å². The van der Waals surface area contributed by atoms with Crippen LogP contribution in [-0.4, -0.2) is 23.1 Å². The molecule has 2 unspecified atom stereocenters. The molecule has 19 heavy (non-hydrogen) atoms. The van der Waals surface area contributed by atoms with Crippen molar-refractivity contribution in [2.45, 2.75) is 31.8 Å². The first-order valence-electron chi connectivity index (χ1n) is 6.04. The molecule has 1 aromatic heterocycles. The van der Waals surface area contributed by atoms with Gasteiger partial charge in [0.05, 0.1) is 12.5 Å². The smallest absolute Gasteiger partial charge is 0.315 e. The summed E-state index contributed by atoms with van der Waals surface area (Å²) in [6.07, 6.45) is 1.89. The number of hydrogen-bond donors (Lipinski definition) is 3. The summed E-state index contributed by atoms with van der Waals surface area (Å²) in [5.41, 5.74) is 0. The standard InChI is InChI=1S/C12H15BrN2O3S/c13-8-4-10(19-6-8)5-14-12(18)15-9-2-1-7(3-9)11(16)17/h4,6-7,9H,1-3,5H2,(H,16,17)(H2,14,15,18). The molecule has 1 saturated carbocycles. The molecule has 5 nitrogen and oxygen atoms in total. The maximum atomic E-state index is 11.7. The topological polar surface area (TPSA) is 78.4 Å². The second-order valence-electron chi connectivity index (χ2n) is 4.60. The molecular weight excluding hydrogens is 332 g/mol. The Hall–Kier alpha value is -1.08. The summed E-state index contributed by atoms with van der Waals surface area (Å²) in [5, 5.41) is 16.4. The molecule has 2 atom stereocenters. The van der Waals surface area contributed by atoms with Crippen LogP contribution < -0.4 is 10.6 Å². The Kier molecular flexibility index (Phi) is 4.81. The van der Waals surface area contributed by atoms with Gasteiger partial charge in [0.15, 0.2) is 0 Å². The lowest BCUT2D eigenvalue weighted by molar-refractivity contribution is -0.141. The molecule has 1 aliphatic rings. The lowest BCUT2D eigenvalue weighted by Gasteiger charge is -2.13. The monoisotopic (exact) mass is 346 g/mol. The van der Waals surface area contributed by atoms with Gasteiger partial charge in [0.2, 0.25) is 0 Å². The fourth-order valence-electron chi connectivity index (χ4n) is 2.19. The Morgan fingerprint density at radius 1 is 1.47 bits per heavy atom. The summed E-state index contributed by atoms with van der Waals surface area (Å²) in [6, 6.07) is 1.69. The molecular formula is C12H15BrN2O3S. The van der Waals surface area contributed by atoms with Crippen molar-refractivity contribution in [3.05, 3.63) is 20.8 Å². The van der Waals surface area contributed by atoms with E-state index in [9.17, 15) is 9.59 Å². The first-order chi connectivity index (χ1) is 9.04. The SMILES string of the molecule is O=C(NCc1cc(Br)cs1)NC1CCC(C(=O)O)C1.